The van der Waals surface area contributed by atoms with E-state index in [4.69, 9.17) is 21.6 Å². The van der Waals surface area contributed by atoms with E-state index in [2.05, 4.69) is 28.0 Å². The highest BCUT2D eigenvalue weighted by Crippen LogP contribution is 2.31. The molecule has 1 atom stereocenters. The second-order valence-corrected chi connectivity index (χ2v) is 9.43. The molecule has 34 heavy (non-hydrogen) atoms. The van der Waals surface area contributed by atoms with Crippen LogP contribution in [-0.4, -0.2) is 43.1 Å². The summed E-state index contributed by atoms with van der Waals surface area (Å²) in [6, 6.07) is 7.35. The van der Waals surface area contributed by atoms with Crippen molar-refractivity contribution in [2.24, 2.45) is 0 Å². The number of hydrazine groups is 1. The third kappa shape index (κ3) is 4.81. The van der Waals surface area contributed by atoms with Gasteiger partial charge >= 0.3 is 6.03 Å². The third-order valence-electron chi connectivity index (χ3n) is 6.61. The number of aryl methyl sites for hydroxylation is 1. The minimum Gasteiger partial charge on any atom is -0.338 e. The smallest absolute Gasteiger partial charge is 0.332 e. The van der Waals surface area contributed by atoms with Gasteiger partial charge in [0.25, 0.3) is 0 Å². The summed E-state index contributed by atoms with van der Waals surface area (Å²) in [7, 11) is 0. The number of rotatable bonds is 5. The second kappa shape index (κ2) is 10.1. The van der Waals surface area contributed by atoms with Crippen LogP contribution in [0.4, 0.5) is 16.3 Å². The number of anilines is 2. The number of nitrogens with one attached hydrogen (secondary N) is 3. The van der Waals surface area contributed by atoms with Gasteiger partial charge in [-0.05, 0) is 50.8 Å². The predicted molar refractivity (Wildman–Crippen MR) is 133 cm³/mol. The third-order valence-corrected chi connectivity index (χ3v) is 6.84. The summed E-state index contributed by atoms with van der Waals surface area (Å²) >= 11 is 6.19. The molecule has 1 saturated heterocycles. The van der Waals surface area contributed by atoms with Crippen LogP contribution in [-0.2, 0) is 6.54 Å². The quantitative estimate of drug-likeness (QED) is 0.477. The van der Waals surface area contributed by atoms with Crippen molar-refractivity contribution in [1.29, 1.82) is 0 Å². The van der Waals surface area contributed by atoms with Crippen molar-refractivity contribution in [1.82, 2.24) is 35.3 Å². The van der Waals surface area contributed by atoms with Gasteiger partial charge in [0.1, 0.15) is 6.04 Å². The van der Waals surface area contributed by atoms with Crippen LogP contribution in [0.1, 0.15) is 63.7 Å². The van der Waals surface area contributed by atoms with E-state index in [-0.39, 0.29) is 18.1 Å². The second-order valence-electron chi connectivity index (χ2n) is 8.99. The summed E-state index contributed by atoms with van der Waals surface area (Å²) in [6.07, 6.45) is 9.16. The van der Waals surface area contributed by atoms with E-state index in [1.54, 1.807) is 11.3 Å². The van der Waals surface area contributed by atoms with Crippen molar-refractivity contribution in [2.45, 2.75) is 70.5 Å². The van der Waals surface area contributed by atoms with Crippen molar-refractivity contribution in [3.8, 4) is 0 Å². The molecular formula is C24H31ClN8O. The summed E-state index contributed by atoms with van der Waals surface area (Å²) in [4.78, 5) is 27.6. The Balaban J connectivity index is 1.48. The minimum atomic E-state index is -0.276. The molecule has 3 N–H and O–H groups in total. The van der Waals surface area contributed by atoms with Crippen LogP contribution in [0.15, 0.2) is 30.6 Å². The van der Waals surface area contributed by atoms with E-state index in [1.165, 1.54) is 19.3 Å². The van der Waals surface area contributed by atoms with Crippen molar-refractivity contribution >= 4 is 40.3 Å². The number of benzene rings is 1. The first-order valence-electron chi connectivity index (χ1n) is 12.2. The van der Waals surface area contributed by atoms with Crippen molar-refractivity contribution in [3.05, 3.63) is 41.4 Å². The standard InChI is InChI=1S/C24H31ClN8O/c1-2-32-15-26-20-22(28-18-11-6-8-16(25)14-18)30-21(31-23(20)32)19-12-7-13-27-33(19)24(34)29-17-9-4-3-5-10-17/h6,8,11,14-15,17,19,27H,2-5,7,9-10,12-13H2,1H3,(H,29,34)(H,28,30,31). The van der Waals surface area contributed by atoms with Gasteiger partial charge in [0.15, 0.2) is 22.8 Å². The molecule has 1 unspecified atom stereocenters. The van der Waals surface area contributed by atoms with E-state index >= 15 is 0 Å². The van der Waals surface area contributed by atoms with Gasteiger partial charge in [-0.1, -0.05) is 36.9 Å². The Kier molecular flexibility index (Phi) is 6.82. The van der Waals surface area contributed by atoms with Gasteiger partial charge in [-0.3, -0.25) is 0 Å². The van der Waals surface area contributed by atoms with E-state index in [0.29, 0.717) is 22.2 Å². The average molecular weight is 483 g/mol. The lowest BCUT2D eigenvalue weighted by molar-refractivity contribution is 0.101. The molecule has 1 aliphatic carbocycles. The summed E-state index contributed by atoms with van der Waals surface area (Å²) in [6.45, 7) is 3.54. The number of nitrogens with zero attached hydrogens (tertiary/aromatic N) is 5. The highest BCUT2D eigenvalue weighted by molar-refractivity contribution is 6.30. The molecule has 1 saturated carbocycles. The zero-order valence-electron chi connectivity index (χ0n) is 19.4. The van der Waals surface area contributed by atoms with Crippen LogP contribution in [0.3, 0.4) is 0 Å². The number of hydrogen-bond donors (Lipinski definition) is 3. The maximum Gasteiger partial charge on any atom is 0.332 e. The topological polar surface area (TPSA) is 100 Å². The summed E-state index contributed by atoms with van der Waals surface area (Å²) in [5.41, 5.74) is 5.54. The van der Waals surface area contributed by atoms with Crippen LogP contribution in [0, 0.1) is 0 Å². The number of hydrogen-bond acceptors (Lipinski definition) is 6. The van der Waals surface area contributed by atoms with Crippen LogP contribution in [0.5, 0.6) is 0 Å². The molecule has 0 radical (unpaired) electrons. The number of carbonyl (C=O) groups excluding carboxylic acids is 1. The molecule has 3 heterocycles. The van der Waals surface area contributed by atoms with Crippen LogP contribution in [0.2, 0.25) is 5.02 Å². The Hall–Kier alpha value is -2.91. The highest BCUT2D eigenvalue weighted by atomic mass is 35.5. The van der Waals surface area contributed by atoms with Gasteiger partial charge in [0.05, 0.1) is 6.33 Å². The Labute approximate surface area is 204 Å². The van der Waals surface area contributed by atoms with Gasteiger partial charge < -0.3 is 15.2 Å². The molecule has 0 bridgehead atoms. The van der Waals surface area contributed by atoms with Gasteiger partial charge in [0.2, 0.25) is 0 Å². The fraction of sp³-hybridized carbons (Fsp3) is 0.500. The van der Waals surface area contributed by atoms with Gasteiger partial charge in [-0.2, -0.15) is 0 Å². The van der Waals surface area contributed by atoms with E-state index in [9.17, 15) is 4.79 Å². The van der Waals surface area contributed by atoms with E-state index < -0.39 is 0 Å². The SMILES string of the molecule is CCn1cnc2c(Nc3cccc(Cl)c3)nc(C3CCCNN3C(=O)NC3CCCCC3)nc21. The molecule has 10 heteroatoms. The molecule has 1 aromatic carbocycles. The molecule has 5 rings (SSSR count). The molecule has 0 spiro atoms. The van der Waals surface area contributed by atoms with Crippen LogP contribution >= 0.6 is 11.6 Å². The monoisotopic (exact) mass is 482 g/mol. The maximum absolute atomic E-state index is 13.2. The summed E-state index contributed by atoms with van der Waals surface area (Å²) in [5.74, 6) is 1.20. The lowest BCUT2D eigenvalue weighted by Gasteiger charge is -2.36. The number of carbonyl (C=O) groups is 1. The Morgan fingerprint density at radius 1 is 1.18 bits per heavy atom. The number of imidazole rings is 1. The van der Waals surface area contributed by atoms with Crippen molar-refractivity contribution in [3.63, 3.8) is 0 Å². The number of aromatic nitrogens is 4. The Bertz CT molecular complexity index is 1160. The Morgan fingerprint density at radius 3 is 2.82 bits per heavy atom. The van der Waals surface area contributed by atoms with Crippen molar-refractivity contribution < 1.29 is 4.79 Å². The molecule has 2 aromatic heterocycles. The largest absolute Gasteiger partial charge is 0.338 e. The van der Waals surface area contributed by atoms with Gasteiger partial charge in [-0.15, -0.1) is 0 Å². The molecular weight excluding hydrogens is 452 g/mol. The minimum absolute atomic E-state index is 0.103. The fourth-order valence-electron chi connectivity index (χ4n) is 4.81. The zero-order valence-corrected chi connectivity index (χ0v) is 20.2. The van der Waals surface area contributed by atoms with Gasteiger partial charge in [-0.25, -0.2) is 30.2 Å². The first-order chi connectivity index (χ1) is 16.6. The number of halogens is 1. The molecule has 3 aromatic rings. The van der Waals surface area contributed by atoms with Crippen molar-refractivity contribution in [2.75, 3.05) is 11.9 Å². The Morgan fingerprint density at radius 2 is 2.03 bits per heavy atom. The molecule has 2 aliphatic rings. The predicted octanol–water partition coefficient (Wildman–Crippen LogP) is 4.93. The van der Waals surface area contributed by atoms with E-state index in [1.807, 2.05) is 28.8 Å². The van der Waals surface area contributed by atoms with Gasteiger partial charge in [0, 0.05) is 29.8 Å². The average Bonchev–Trinajstić information content (AvgIpc) is 3.28. The molecule has 2 amide bonds. The van der Waals surface area contributed by atoms with Crippen LogP contribution < -0.4 is 16.1 Å². The number of fused-ring (bicyclic) bond motifs is 1. The fourth-order valence-corrected chi connectivity index (χ4v) is 5.01. The summed E-state index contributed by atoms with van der Waals surface area (Å²) in [5, 5.41) is 8.91. The number of urea groups is 1. The maximum atomic E-state index is 13.2. The lowest BCUT2D eigenvalue weighted by atomic mass is 9.96. The molecule has 9 nitrogen and oxygen atoms in total. The normalized spacial score (nSPS) is 19.4. The molecule has 2 fully saturated rings. The number of amides is 2. The zero-order chi connectivity index (χ0) is 23.5. The highest BCUT2D eigenvalue weighted by Gasteiger charge is 2.32. The lowest BCUT2D eigenvalue weighted by Crippen LogP contribution is -2.55. The first-order valence-corrected chi connectivity index (χ1v) is 12.6. The van der Waals surface area contributed by atoms with Crippen LogP contribution in [0.25, 0.3) is 11.2 Å². The first kappa shape index (κ1) is 22.9. The summed E-state index contributed by atoms with van der Waals surface area (Å²) < 4.78 is 1.99. The molecule has 180 valence electrons. The van der Waals surface area contributed by atoms with E-state index in [0.717, 1.165) is 50.1 Å². The molecule has 1 aliphatic heterocycles.